The van der Waals surface area contributed by atoms with Gasteiger partial charge in [0, 0.05) is 5.02 Å². The minimum Gasteiger partial charge on any atom is -0.397 e. The maximum atomic E-state index is 6.08. The highest BCUT2D eigenvalue weighted by molar-refractivity contribution is 6.36. The first-order valence-corrected chi connectivity index (χ1v) is 5.90. The Morgan fingerprint density at radius 1 is 1.00 bits per heavy atom. The summed E-state index contributed by atoms with van der Waals surface area (Å²) in [6.07, 6.45) is 0. The van der Waals surface area contributed by atoms with E-state index in [1.54, 1.807) is 12.1 Å². The van der Waals surface area contributed by atoms with Crippen LogP contribution in [0.3, 0.4) is 0 Å². The van der Waals surface area contributed by atoms with E-state index in [-0.39, 0.29) is 0 Å². The molecule has 17 heavy (non-hydrogen) atoms. The number of aryl methyl sites for hydroxylation is 1. The topological polar surface area (TPSA) is 38.0 Å². The molecule has 0 atom stereocenters. The van der Waals surface area contributed by atoms with Crippen molar-refractivity contribution in [3.63, 3.8) is 0 Å². The van der Waals surface area contributed by atoms with Crippen LogP contribution in [0.1, 0.15) is 5.56 Å². The Balaban J connectivity index is 2.31. The number of rotatable bonds is 2. The molecule has 0 radical (unpaired) electrons. The van der Waals surface area contributed by atoms with Gasteiger partial charge in [-0.3, -0.25) is 0 Å². The Morgan fingerprint density at radius 2 is 1.71 bits per heavy atom. The van der Waals surface area contributed by atoms with Gasteiger partial charge in [0.1, 0.15) is 0 Å². The average Bonchev–Trinajstić information content (AvgIpc) is 2.25. The van der Waals surface area contributed by atoms with Crippen LogP contribution in [0.2, 0.25) is 10.0 Å². The van der Waals surface area contributed by atoms with Gasteiger partial charge in [-0.25, -0.2) is 0 Å². The summed E-state index contributed by atoms with van der Waals surface area (Å²) < 4.78 is 0. The van der Waals surface area contributed by atoms with E-state index in [0.29, 0.717) is 15.7 Å². The smallest absolute Gasteiger partial charge is 0.0655 e. The quantitative estimate of drug-likeness (QED) is 0.778. The third kappa shape index (κ3) is 2.84. The molecular weight excluding hydrogens is 255 g/mol. The van der Waals surface area contributed by atoms with Gasteiger partial charge < -0.3 is 11.1 Å². The second-order valence-corrected chi connectivity index (χ2v) is 4.68. The van der Waals surface area contributed by atoms with E-state index in [9.17, 15) is 0 Å². The third-order valence-electron chi connectivity index (χ3n) is 2.41. The largest absolute Gasteiger partial charge is 0.397 e. The Hall–Kier alpha value is -1.38. The predicted molar refractivity (Wildman–Crippen MR) is 75.3 cm³/mol. The van der Waals surface area contributed by atoms with Crippen molar-refractivity contribution in [2.24, 2.45) is 0 Å². The summed E-state index contributed by atoms with van der Waals surface area (Å²) in [6, 6.07) is 11.1. The van der Waals surface area contributed by atoms with Gasteiger partial charge >= 0.3 is 0 Å². The van der Waals surface area contributed by atoms with Crippen LogP contribution in [-0.2, 0) is 0 Å². The van der Waals surface area contributed by atoms with E-state index in [0.717, 1.165) is 16.9 Å². The highest BCUT2D eigenvalue weighted by Gasteiger charge is 2.04. The molecule has 2 nitrogen and oxygen atoms in total. The molecule has 2 aromatic carbocycles. The average molecular weight is 267 g/mol. The normalized spacial score (nSPS) is 10.3. The maximum Gasteiger partial charge on any atom is 0.0655 e. The Morgan fingerprint density at radius 3 is 2.35 bits per heavy atom. The SMILES string of the molecule is Cc1ccc(Nc2ccc(Cl)cc2Cl)c(N)c1. The van der Waals surface area contributed by atoms with Crippen molar-refractivity contribution in [3.8, 4) is 0 Å². The molecule has 0 spiro atoms. The first-order chi connectivity index (χ1) is 8.06. The zero-order chi connectivity index (χ0) is 12.4. The summed E-state index contributed by atoms with van der Waals surface area (Å²) in [5, 5.41) is 4.36. The van der Waals surface area contributed by atoms with E-state index in [1.165, 1.54) is 0 Å². The van der Waals surface area contributed by atoms with Crippen LogP contribution in [0, 0.1) is 6.92 Å². The molecule has 3 N–H and O–H groups in total. The molecule has 88 valence electrons. The number of hydrogen-bond acceptors (Lipinski definition) is 2. The minimum atomic E-state index is 0.567. The number of nitrogens with two attached hydrogens (primary N) is 1. The molecule has 0 bridgehead atoms. The zero-order valence-corrected chi connectivity index (χ0v) is 10.8. The van der Waals surface area contributed by atoms with Gasteiger partial charge in [0.2, 0.25) is 0 Å². The Kier molecular flexibility index (Phi) is 3.46. The van der Waals surface area contributed by atoms with Gasteiger partial charge in [-0.15, -0.1) is 0 Å². The first kappa shape index (κ1) is 12.1. The van der Waals surface area contributed by atoms with Crippen LogP contribution in [0.15, 0.2) is 36.4 Å². The number of halogens is 2. The van der Waals surface area contributed by atoms with E-state index < -0.39 is 0 Å². The lowest BCUT2D eigenvalue weighted by Crippen LogP contribution is -1.97. The fourth-order valence-electron chi connectivity index (χ4n) is 1.53. The van der Waals surface area contributed by atoms with Crippen LogP contribution in [-0.4, -0.2) is 0 Å². The Labute approximate surface area is 110 Å². The molecule has 0 amide bonds. The van der Waals surface area contributed by atoms with E-state index in [4.69, 9.17) is 28.9 Å². The highest BCUT2D eigenvalue weighted by Crippen LogP contribution is 2.30. The van der Waals surface area contributed by atoms with E-state index >= 15 is 0 Å². The molecule has 0 unspecified atom stereocenters. The van der Waals surface area contributed by atoms with Crippen molar-refractivity contribution in [1.29, 1.82) is 0 Å². The van der Waals surface area contributed by atoms with Gasteiger partial charge in [-0.05, 0) is 42.8 Å². The van der Waals surface area contributed by atoms with Gasteiger partial charge in [0.25, 0.3) is 0 Å². The molecule has 0 fully saturated rings. The molecule has 0 aliphatic heterocycles. The molecule has 0 heterocycles. The molecular formula is C13H12Cl2N2. The summed E-state index contributed by atoms with van der Waals surface area (Å²) >= 11 is 11.9. The molecule has 0 aliphatic rings. The van der Waals surface area contributed by atoms with Crippen LogP contribution >= 0.6 is 23.2 Å². The monoisotopic (exact) mass is 266 g/mol. The molecule has 2 aromatic rings. The van der Waals surface area contributed by atoms with Crippen LogP contribution in [0.5, 0.6) is 0 Å². The fourth-order valence-corrected chi connectivity index (χ4v) is 1.99. The number of nitrogen functional groups attached to an aromatic ring is 1. The number of benzene rings is 2. The molecule has 4 heteroatoms. The summed E-state index contributed by atoms with van der Waals surface area (Å²) in [7, 11) is 0. The number of hydrogen-bond donors (Lipinski definition) is 2. The van der Waals surface area contributed by atoms with E-state index in [1.807, 2.05) is 31.2 Å². The van der Waals surface area contributed by atoms with Gasteiger partial charge in [-0.2, -0.15) is 0 Å². The second-order valence-electron chi connectivity index (χ2n) is 3.84. The standard InChI is InChI=1S/C13H12Cl2N2/c1-8-2-4-13(11(16)6-8)17-12-5-3-9(14)7-10(12)15/h2-7,17H,16H2,1H3. The summed E-state index contributed by atoms with van der Waals surface area (Å²) in [5.41, 5.74) is 9.35. The van der Waals surface area contributed by atoms with Crippen molar-refractivity contribution in [2.45, 2.75) is 6.92 Å². The van der Waals surface area contributed by atoms with E-state index in [2.05, 4.69) is 5.32 Å². The summed E-state index contributed by atoms with van der Waals surface area (Å²) in [4.78, 5) is 0. The lowest BCUT2D eigenvalue weighted by Gasteiger charge is -2.11. The van der Waals surface area contributed by atoms with Crippen LogP contribution in [0.4, 0.5) is 17.1 Å². The lowest BCUT2D eigenvalue weighted by atomic mass is 10.2. The number of nitrogens with one attached hydrogen (secondary N) is 1. The van der Waals surface area contributed by atoms with Gasteiger partial charge in [0.15, 0.2) is 0 Å². The summed E-state index contributed by atoms with van der Waals surface area (Å²) in [6.45, 7) is 2.00. The van der Waals surface area contributed by atoms with Gasteiger partial charge in [0.05, 0.1) is 22.1 Å². The zero-order valence-electron chi connectivity index (χ0n) is 9.30. The molecule has 0 aliphatic carbocycles. The first-order valence-electron chi connectivity index (χ1n) is 5.14. The molecule has 0 saturated carbocycles. The van der Waals surface area contributed by atoms with Crippen molar-refractivity contribution in [3.05, 3.63) is 52.0 Å². The van der Waals surface area contributed by atoms with Crippen LogP contribution < -0.4 is 11.1 Å². The minimum absolute atomic E-state index is 0.567. The second kappa shape index (κ2) is 4.86. The Bertz CT molecular complexity index is 504. The lowest BCUT2D eigenvalue weighted by molar-refractivity contribution is 1.45. The third-order valence-corrected chi connectivity index (χ3v) is 2.96. The van der Waals surface area contributed by atoms with Gasteiger partial charge in [-0.1, -0.05) is 29.3 Å². The fraction of sp³-hybridized carbons (Fsp3) is 0.0769. The predicted octanol–water partition coefficient (Wildman–Crippen LogP) is 4.63. The maximum absolute atomic E-state index is 6.08. The molecule has 0 aromatic heterocycles. The summed E-state index contributed by atoms with van der Waals surface area (Å²) in [5.74, 6) is 0. The highest BCUT2D eigenvalue weighted by atomic mass is 35.5. The van der Waals surface area contributed by atoms with Crippen molar-refractivity contribution < 1.29 is 0 Å². The van der Waals surface area contributed by atoms with Crippen LogP contribution in [0.25, 0.3) is 0 Å². The molecule has 0 saturated heterocycles. The molecule has 2 rings (SSSR count). The van der Waals surface area contributed by atoms with Crippen molar-refractivity contribution in [1.82, 2.24) is 0 Å². The number of anilines is 3. The van der Waals surface area contributed by atoms with Crippen molar-refractivity contribution >= 4 is 40.3 Å². The van der Waals surface area contributed by atoms with Crippen molar-refractivity contribution in [2.75, 3.05) is 11.1 Å².